The summed E-state index contributed by atoms with van der Waals surface area (Å²) in [5, 5.41) is 0.465. The van der Waals surface area contributed by atoms with Crippen molar-refractivity contribution in [2.45, 2.75) is 65.3 Å². The van der Waals surface area contributed by atoms with Crippen molar-refractivity contribution < 1.29 is 23.2 Å². The van der Waals surface area contributed by atoms with E-state index in [2.05, 4.69) is 0 Å². The molecule has 0 aliphatic carbocycles. The molecule has 2 aromatic rings. The quantitative estimate of drug-likeness (QED) is 0.666. The first-order valence-corrected chi connectivity index (χ1v) is 9.20. The van der Waals surface area contributed by atoms with Gasteiger partial charge in [-0.1, -0.05) is 23.7 Å². The zero-order valence-electron chi connectivity index (χ0n) is 16.6. The minimum atomic E-state index is -0.838. The molecular weight excluding hydrogens is 371 g/mol. The highest BCUT2D eigenvalue weighted by Gasteiger charge is 2.53. The van der Waals surface area contributed by atoms with Gasteiger partial charge in [-0.15, -0.1) is 0 Å². The summed E-state index contributed by atoms with van der Waals surface area (Å²) in [6.07, 6.45) is -0.759. The van der Waals surface area contributed by atoms with E-state index in [4.69, 9.17) is 25.6 Å². The number of nitrogens with zero attached hydrogens (tertiary/aromatic N) is 1. The normalized spacial score (nSPS) is 18.9. The summed E-state index contributed by atoms with van der Waals surface area (Å²) >= 11 is 6.55. The molecule has 0 amide bonds. The molecule has 5 nitrogen and oxygen atoms in total. The van der Waals surface area contributed by atoms with Crippen molar-refractivity contribution in [3.63, 3.8) is 0 Å². The molecule has 1 aromatic carbocycles. The van der Waals surface area contributed by atoms with Crippen molar-refractivity contribution in [3.05, 3.63) is 29.2 Å². The third-order valence-corrected chi connectivity index (χ3v) is 5.36. The average molecular weight is 396 g/mol. The number of rotatable bonds is 1. The molecule has 0 atom stereocenters. The van der Waals surface area contributed by atoms with Gasteiger partial charge in [-0.2, -0.15) is 0 Å². The summed E-state index contributed by atoms with van der Waals surface area (Å²) < 4.78 is 33.3. The van der Waals surface area contributed by atoms with E-state index in [0.29, 0.717) is 10.8 Å². The van der Waals surface area contributed by atoms with Crippen molar-refractivity contribution in [1.29, 1.82) is 0 Å². The highest BCUT2D eigenvalue weighted by molar-refractivity contribution is 6.69. The van der Waals surface area contributed by atoms with Crippen molar-refractivity contribution >= 4 is 41.2 Å². The molecule has 1 aromatic heterocycles. The summed E-state index contributed by atoms with van der Waals surface area (Å²) in [6.45, 7) is 12.8. The Kier molecular flexibility index (Phi) is 4.65. The van der Waals surface area contributed by atoms with Crippen molar-refractivity contribution in [3.8, 4) is 0 Å². The lowest BCUT2D eigenvalue weighted by atomic mass is 9.79. The summed E-state index contributed by atoms with van der Waals surface area (Å²) in [7, 11) is -0.838. The molecule has 1 saturated heterocycles. The summed E-state index contributed by atoms with van der Waals surface area (Å²) in [6, 6.07) is 4.52. The minimum Gasteiger partial charge on any atom is -0.443 e. The number of hydrogen-bond acceptors (Lipinski definition) is 4. The zero-order chi connectivity index (χ0) is 20.4. The van der Waals surface area contributed by atoms with Crippen LogP contribution >= 0.6 is 11.6 Å². The molecule has 0 radical (unpaired) electrons. The molecule has 8 heteroatoms. The van der Waals surface area contributed by atoms with E-state index in [1.165, 1.54) is 6.07 Å². The van der Waals surface area contributed by atoms with Crippen LogP contribution in [0.15, 0.2) is 18.2 Å². The topological polar surface area (TPSA) is 49.7 Å². The smallest absolute Gasteiger partial charge is 0.443 e. The van der Waals surface area contributed by atoms with Crippen LogP contribution in [-0.4, -0.2) is 34.6 Å². The number of ether oxygens (including phenoxy) is 1. The van der Waals surface area contributed by atoms with E-state index in [1.54, 1.807) is 32.9 Å². The molecule has 0 bridgehead atoms. The van der Waals surface area contributed by atoms with Gasteiger partial charge in [-0.25, -0.2) is 13.8 Å². The number of carbonyl (C=O) groups is 1. The summed E-state index contributed by atoms with van der Waals surface area (Å²) in [5.41, 5.74) is -1.51. The van der Waals surface area contributed by atoms with Crippen molar-refractivity contribution in [2.24, 2.45) is 0 Å². The molecule has 0 N–H and O–H groups in total. The Labute approximate surface area is 163 Å². The van der Waals surface area contributed by atoms with Crippen LogP contribution < -0.4 is 5.46 Å². The van der Waals surface area contributed by atoms with Crippen LogP contribution in [0.5, 0.6) is 0 Å². The van der Waals surface area contributed by atoms with E-state index in [-0.39, 0.29) is 10.7 Å². The standard InChI is InChI=1S/C19H24BClFNO4/c1-17(2,3)25-16(24)23-14-11(9-8-10-12(14)22)13(15(23)21)20-26-18(4,5)19(6,7)27-20/h8-10H,1-7H3. The van der Waals surface area contributed by atoms with Crippen LogP contribution in [0.4, 0.5) is 9.18 Å². The summed E-state index contributed by atoms with van der Waals surface area (Å²) in [4.78, 5) is 12.7. The fourth-order valence-electron chi connectivity index (χ4n) is 2.95. The van der Waals surface area contributed by atoms with Crippen molar-refractivity contribution in [2.75, 3.05) is 0 Å². The van der Waals surface area contributed by atoms with Crippen LogP contribution in [0, 0.1) is 5.82 Å². The van der Waals surface area contributed by atoms with Gasteiger partial charge in [0.2, 0.25) is 0 Å². The number of fused-ring (bicyclic) bond motifs is 1. The van der Waals surface area contributed by atoms with Gasteiger partial charge in [0.15, 0.2) is 0 Å². The van der Waals surface area contributed by atoms with Gasteiger partial charge in [0.25, 0.3) is 0 Å². The molecule has 0 saturated carbocycles. The van der Waals surface area contributed by atoms with E-state index in [9.17, 15) is 9.18 Å². The van der Waals surface area contributed by atoms with E-state index < -0.39 is 35.8 Å². The van der Waals surface area contributed by atoms with Crippen LogP contribution in [0.3, 0.4) is 0 Å². The molecular formula is C19H24BClFNO4. The van der Waals surface area contributed by atoms with Gasteiger partial charge < -0.3 is 14.0 Å². The van der Waals surface area contributed by atoms with Gasteiger partial charge >= 0.3 is 13.2 Å². The van der Waals surface area contributed by atoms with Gasteiger partial charge in [-0.3, -0.25) is 0 Å². The molecule has 0 unspecified atom stereocenters. The average Bonchev–Trinajstić information content (AvgIpc) is 2.88. The Hall–Kier alpha value is -1.57. The Bertz CT molecular complexity index is 901. The third-order valence-electron chi connectivity index (χ3n) is 4.98. The van der Waals surface area contributed by atoms with Gasteiger partial charge in [0, 0.05) is 10.8 Å². The number of aromatic nitrogens is 1. The molecule has 27 heavy (non-hydrogen) atoms. The lowest BCUT2D eigenvalue weighted by Gasteiger charge is -2.32. The predicted octanol–water partition coefficient (Wildman–Crippen LogP) is 4.52. The lowest BCUT2D eigenvalue weighted by Crippen LogP contribution is -2.41. The molecule has 2 heterocycles. The van der Waals surface area contributed by atoms with Crippen LogP contribution in [0.25, 0.3) is 10.9 Å². The third kappa shape index (κ3) is 3.37. The van der Waals surface area contributed by atoms with Gasteiger partial charge in [0.1, 0.15) is 16.6 Å². The van der Waals surface area contributed by atoms with Gasteiger partial charge in [0.05, 0.1) is 16.7 Å². The number of carbonyl (C=O) groups excluding carboxylic acids is 1. The predicted molar refractivity (Wildman–Crippen MR) is 104 cm³/mol. The second-order valence-electron chi connectivity index (χ2n) is 8.74. The van der Waals surface area contributed by atoms with Crippen LogP contribution in [-0.2, 0) is 14.0 Å². The molecule has 1 aliphatic rings. The number of hydrogen-bond donors (Lipinski definition) is 0. The SMILES string of the molecule is CC(C)(C)OC(=O)n1c(Cl)c(B2OC(C)(C)C(C)(C)O2)c2cccc(F)c21. The first-order chi connectivity index (χ1) is 12.3. The molecule has 146 valence electrons. The fraction of sp³-hybridized carbons (Fsp3) is 0.526. The lowest BCUT2D eigenvalue weighted by molar-refractivity contribution is 0.00578. The monoisotopic (exact) mass is 395 g/mol. The van der Waals surface area contributed by atoms with E-state index in [1.807, 2.05) is 27.7 Å². The van der Waals surface area contributed by atoms with E-state index in [0.717, 1.165) is 4.57 Å². The first-order valence-electron chi connectivity index (χ1n) is 8.82. The molecule has 3 rings (SSSR count). The summed E-state index contributed by atoms with van der Waals surface area (Å²) in [5.74, 6) is -0.581. The van der Waals surface area contributed by atoms with Crippen LogP contribution in [0.1, 0.15) is 48.5 Å². The zero-order valence-corrected chi connectivity index (χ0v) is 17.4. The van der Waals surface area contributed by atoms with E-state index >= 15 is 0 Å². The maximum atomic E-state index is 14.7. The Balaban J connectivity index is 2.20. The highest BCUT2D eigenvalue weighted by atomic mass is 35.5. The maximum Gasteiger partial charge on any atom is 0.498 e. The maximum absolute atomic E-state index is 14.7. The molecule has 1 aliphatic heterocycles. The van der Waals surface area contributed by atoms with Crippen LogP contribution in [0.2, 0.25) is 5.15 Å². The largest absolute Gasteiger partial charge is 0.498 e. The second-order valence-corrected chi connectivity index (χ2v) is 9.10. The first kappa shape index (κ1) is 20.2. The second kappa shape index (κ2) is 6.22. The minimum absolute atomic E-state index is 0.0165. The fourth-order valence-corrected chi connectivity index (χ4v) is 3.30. The Morgan fingerprint density at radius 2 is 1.74 bits per heavy atom. The van der Waals surface area contributed by atoms with Crippen molar-refractivity contribution in [1.82, 2.24) is 4.57 Å². The van der Waals surface area contributed by atoms with Gasteiger partial charge in [-0.05, 0) is 54.5 Å². The number of halogens is 2. The number of para-hydroxylation sites is 1. The highest BCUT2D eigenvalue weighted by Crippen LogP contribution is 2.38. The Morgan fingerprint density at radius 3 is 2.26 bits per heavy atom. The Morgan fingerprint density at radius 1 is 1.19 bits per heavy atom. The molecule has 1 fully saturated rings. The molecule has 0 spiro atoms. The number of benzene rings is 1.